The molecule has 1 fully saturated rings. The second kappa shape index (κ2) is 4.58. The maximum absolute atomic E-state index is 10.6. The first-order chi connectivity index (χ1) is 6.15. The molecule has 0 aliphatic heterocycles. The van der Waals surface area contributed by atoms with E-state index in [-0.39, 0.29) is 5.92 Å². The van der Waals surface area contributed by atoms with Gasteiger partial charge in [-0.3, -0.25) is 4.79 Å². The average Bonchev–Trinajstić information content (AvgIpc) is 2.17. The fourth-order valence-electron chi connectivity index (χ4n) is 1.97. The molecule has 1 unspecified atom stereocenters. The minimum Gasteiger partial charge on any atom is -0.480 e. The molecule has 0 saturated heterocycles. The summed E-state index contributed by atoms with van der Waals surface area (Å²) in [5, 5.41) is 11.9. The van der Waals surface area contributed by atoms with E-state index < -0.39 is 12.0 Å². The molecule has 1 aliphatic carbocycles. The van der Waals surface area contributed by atoms with E-state index in [1.165, 1.54) is 0 Å². The summed E-state index contributed by atoms with van der Waals surface area (Å²) in [6.45, 7) is 0. The Morgan fingerprint density at radius 3 is 2.38 bits per heavy atom. The van der Waals surface area contributed by atoms with Gasteiger partial charge in [0.25, 0.3) is 0 Å². The summed E-state index contributed by atoms with van der Waals surface area (Å²) in [4.78, 5) is 10.6. The largest absolute Gasteiger partial charge is 0.480 e. The van der Waals surface area contributed by atoms with Gasteiger partial charge >= 0.3 is 5.97 Å². The highest BCUT2D eigenvalue weighted by molar-refractivity contribution is 5.73. The second-order valence-electron chi connectivity index (χ2n) is 3.76. The van der Waals surface area contributed by atoms with Crippen molar-refractivity contribution < 1.29 is 9.90 Å². The second-order valence-corrected chi connectivity index (χ2v) is 3.76. The standard InChI is InChI=1S/C9H18N2O2/c1-11-7-4-2-6(3-5-7)8(10)9(12)13/h6-8,11H,2-5,10H2,1H3,(H,12,13)/t6-,7+,8?. The monoisotopic (exact) mass is 186 g/mol. The first-order valence-corrected chi connectivity index (χ1v) is 4.80. The van der Waals surface area contributed by atoms with Gasteiger partial charge in [-0.2, -0.15) is 0 Å². The lowest BCUT2D eigenvalue weighted by molar-refractivity contribution is -0.140. The molecule has 1 atom stereocenters. The van der Waals surface area contributed by atoms with Crippen molar-refractivity contribution in [2.45, 2.75) is 37.8 Å². The van der Waals surface area contributed by atoms with Crippen molar-refractivity contribution in [3.8, 4) is 0 Å². The Morgan fingerprint density at radius 1 is 1.46 bits per heavy atom. The van der Waals surface area contributed by atoms with Crippen LogP contribution in [0.5, 0.6) is 0 Å². The average molecular weight is 186 g/mol. The van der Waals surface area contributed by atoms with E-state index in [9.17, 15) is 4.79 Å². The van der Waals surface area contributed by atoms with Gasteiger partial charge in [-0.25, -0.2) is 0 Å². The van der Waals surface area contributed by atoms with E-state index in [0.29, 0.717) is 6.04 Å². The molecule has 76 valence electrons. The van der Waals surface area contributed by atoms with Crippen LogP contribution in [0.4, 0.5) is 0 Å². The van der Waals surface area contributed by atoms with Gasteiger partial charge in [0.1, 0.15) is 6.04 Å². The number of rotatable bonds is 3. The molecule has 0 aromatic carbocycles. The summed E-state index contributed by atoms with van der Waals surface area (Å²) in [7, 11) is 1.95. The summed E-state index contributed by atoms with van der Waals surface area (Å²) in [5.74, 6) is -0.699. The predicted molar refractivity (Wildman–Crippen MR) is 50.4 cm³/mol. The number of hydrogen-bond acceptors (Lipinski definition) is 3. The summed E-state index contributed by atoms with van der Waals surface area (Å²) < 4.78 is 0. The van der Waals surface area contributed by atoms with E-state index in [1.807, 2.05) is 7.05 Å². The van der Waals surface area contributed by atoms with Gasteiger partial charge in [0.15, 0.2) is 0 Å². The predicted octanol–water partition coefficient (Wildman–Crippen LogP) is 0.177. The molecule has 0 amide bonds. The molecule has 4 heteroatoms. The van der Waals surface area contributed by atoms with E-state index in [2.05, 4.69) is 5.32 Å². The Labute approximate surface area is 78.5 Å². The van der Waals surface area contributed by atoms with Crippen LogP contribution in [-0.2, 0) is 4.79 Å². The third-order valence-corrected chi connectivity index (χ3v) is 2.97. The van der Waals surface area contributed by atoms with E-state index in [4.69, 9.17) is 10.8 Å². The minimum atomic E-state index is -0.868. The maximum Gasteiger partial charge on any atom is 0.320 e. The lowest BCUT2D eigenvalue weighted by atomic mass is 9.82. The number of carboxylic acids is 1. The van der Waals surface area contributed by atoms with Crippen molar-refractivity contribution in [2.75, 3.05) is 7.05 Å². The van der Waals surface area contributed by atoms with Gasteiger partial charge in [0.05, 0.1) is 0 Å². The van der Waals surface area contributed by atoms with Gasteiger partial charge in [0.2, 0.25) is 0 Å². The number of aliphatic carboxylic acids is 1. The molecule has 1 saturated carbocycles. The summed E-state index contributed by atoms with van der Waals surface area (Å²) in [5.41, 5.74) is 5.56. The number of hydrogen-bond donors (Lipinski definition) is 3. The first-order valence-electron chi connectivity index (χ1n) is 4.80. The quantitative estimate of drug-likeness (QED) is 0.587. The van der Waals surface area contributed by atoms with Crippen LogP contribution in [0.3, 0.4) is 0 Å². The van der Waals surface area contributed by atoms with Crippen molar-refractivity contribution >= 4 is 5.97 Å². The highest BCUT2D eigenvalue weighted by Crippen LogP contribution is 2.26. The summed E-state index contributed by atoms with van der Waals surface area (Å²) in [6, 6.07) is -0.116. The molecular weight excluding hydrogens is 168 g/mol. The van der Waals surface area contributed by atoms with Crippen LogP contribution in [0.15, 0.2) is 0 Å². The number of carbonyl (C=O) groups is 1. The molecule has 0 aromatic heterocycles. The first kappa shape index (κ1) is 10.5. The Bertz CT molecular complexity index is 176. The van der Waals surface area contributed by atoms with E-state index in [1.54, 1.807) is 0 Å². The zero-order valence-corrected chi connectivity index (χ0v) is 7.99. The van der Waals surface area contributed by atoms with Gasteiger partial charge in [-0.05, 0) is 38.6 Å². The zero-order chi connectivity index (χ0) is 9.84. The molecule has 0 heterocycles. The van der Waals surface area contributed by atoms with Crippen LogP contribution in [-0.4, -0.2) is 30.2 Å². The Balaban J connectivity index is 2.36. The fraction of sp³-hybridized carbons (Fsp3) is 0.889. The van der Waals surface area contributed by atoms with E-state index >= 15 is 0 Å². The van der Waals surface area contributed by atoms with Crippen LogP contribution in [0.2, 0.25) is 0 Å². The molecule has 4 nitrogen and oxygen atoms in total. The summed E-state index contributed by atoms with van der Waals surface area (Å²) in [6.07, 6.45) is 3.95. The van der Waals surface area contributed by atoms with Crippen molar-refractivity contribution in [1.29, 1.82) is 0 Å². The Hall–Kier alpha value is -0.610. The molecule has 1 aliphatic rings. The SMILES string of the molecule is CN[C@H]1CC[C@@H](C(N)C(=O)O)CC1. The van der Waals surface area contributed by atoms with Crippen molar-refractivity contribution in [3.05, 3.63) is 0 Å². The topological polar surface area (TPSA) is 75.3 Å². The molecule has 4 N–H and O–H groups in total. The highest BCUT2D eigenvalue weighted by atomic mass is 16.4. The van der Waals surface area contributed by atoms with Crippen molar-refractivity contribution in [3.63, 3.8) is 0 Å². The highest BCUT2D eigenvalue weighted by Gasteiger charge is 2.28. The van der Waals surface area contributed by atoms with Gasteiger partial charge in [0, 0.05) is 6.04 Å². The third-order valence-electron chi connectivity index (χ3n) is 2.97. The van der Waals surface area contributed by atoms with Crippen LogP contribution in [0.1, 0.15) is 25.7 Å². The van der Waals surface area contributed by atoms with E-state index in [0.717, 1.165) is 25.7 Å². The van der Waals surface area contributed by atoms with Crippen molar-refractivity contribution in [2.24, 2.45) is 11.7 Å². The fourth-order valence-corrected chi connectivity index (χ4v) is 1.97. The maximum atomic E-state index is 10.6. The normalized spacial score (nSPS) is 31.2. The molecule has 0 bridgehead atoms. The van der Waals surface area contributed by atoms with Gasteiger partial charge in [-0.1, -0.05) is 0 Å². The van der Waals surface area contributed by atoms with Crippen LogP contribution in [0, 0.1) is 5.92 Å². The molecule has 1 rings (SSSR count). The van der Waals surface area contributed by atoms with Gasteiger partial charge < -0.3 is 16.2 Å². The smallest absolute Gasteiger partial charge is 0.320 e. The summed E-state index contributed by atoms with van der Waals surface area (Å²) >= 11 is 0. The zero-order valence-electron chi connectivity index (χ0n) is 7.99. The molecule has 0 radical (unpaired) electrons. The Kier molecular flexibility index (Phi) is 3.69. The number of carboxylic acid groups (broad SMARTS) is 1. The third kappa shape index (κ3) is 2.67. The molecule has 0 spiro atoms. The van der Waals surface area contributed by atoms with Gasteiger partial charge in [-0.15, -0.1) is 0 Å². The van der Waals surface area contributed by atoms with Crippen molar-refractivity contribution in [1.82, 2.24) is 5.32 Å². The molecule has 0 aromatic rings. The van der Waals surface area contributed by atoms with Crippen LogP contribution in [0.25, 0.3) is 0 Å². The number of nitrogens with one attached hydrogen (secondary N) is 1. The molecule has 13 heavy (non-hydrogen) atoms. The molecular formula is C9H18N2O2. The minimum absolute atomic E-state index is 0.169. The lowest BCUT2D eigenvalue weighted by Crippen LogP contribution is -2.42. The lowest BCUT2D eigenvalue weighted by Gasteiger charge is -2.30. The Morgan fingerprint density at radius 2 is 2.00 bits per heavy atom. The van der Waals surface area contributed by atoms with Crippen LogP contribution >= 0.6 is 0 Å². The number of nitrogens with two attached hydrogens (primary N) is 1. The van der Waals surface area contributed by atoms with Crippen LogP contribution < -0.4 is 11.1 Å².